The standard InChI is InChI=1S/C16H24N2O4S/c1-12-6-4-5-11-18(12)16(19)13(2)17-23(20,21)15-9-7-14(22-3)8-10-15/h7-10,12-13,17H,4-6,11H2,1-3H3/t12-,13-/m1/s1. The number of nitrogens with zero attached hydrogens (tertiary/aromatic N) is 1. The summed E-state index contributed by atoms with van der Waals surface area (Å²) in [5, 5.41) is 0. The number of sulfonamides is 1. The minimum absolute atomic E-state index is 0.115. The second kappa shape index (κ2) is 7.31. The van der Waals surface area contributed by atoms with Crippen molar-refractivity contribution in [2.45, 2.75) is 50.1 Å². The van der Waals surface area contributed by atoms with Crippen LogP contribution in [0.3, 0.4) is 0 Å². The average molecular weight is 340 g/mol. The first kappa shape index (κ1) is 17.7. The summed E-state index contributed by atoms with van der Waals surface area (Å²) in [5.74, 6) is 0.407. The molecule has 1 aliphatic rings. The first-order valence-electron chi connectivity index (χ1n) is 7.82. The zero-order valence-corrected chi connectivity index (χ0v) is 14.6. The summed E-state index contributed by atoms with van der Waals surface area (Å²) >= 11 is 0. The summed E-state index contributed by atoms with van der Waals surface area (Å²) in [6.45, 7) is 4.28. The second-order valence-electron chi connectivity index (χ2n) is 5.89. The maximum Gasteiger partial charge on any atom is 0.241 e. The Morgan fingerprint density at radius 2 is 1.96 bits per heavy atom. The molecule has 2 atom stereocenters. The van der Waals surface area contributed by atoms with Gasteiger partial charge in [0.05, 0.1) is 18.0 Å². The molecular weight excluding hydrogens is 316 g/mol. The summed E-state index contributed by atoms with van der Waals surface area (Å²) in [6, 6.07) is 5.44. The molecule has 1 heterocycles. The van der Waals surface area contributed by atoms with E-state index >= 15 is 0 Å². The van der Waals surface area contributed by atoms with Gasteiger partial charge in [-0.15, -0.1) is 0 Å². The molecule has 0 unspecified atom stereocenters. The normalized spacial score (nSPS) is 20.1. The Labute approximate surface area is 137 Å². The maximum atomic E-state index is 12.5. The topological polar surface area (TPSA) is 75.7 Å². The molecule has 0 aromatic heterocycles. The van der Waals surface area contributed by atoms with E-state index in [9.17, 15) is 13.2 Å². The third-order valence-corrected chi connectivity index (χ3v) is 5.71. The van der Waals surface area contributed by atoms with Crippen molar-refractivity contribution in [1.29, 1.82) is 0 Å². The van der Waals surface area contributed by atoms with Gasteiger partial charge in [0.15, 0.2) is 0 Å². The van der Waals surface area contributed by atoms with Gasteiger partial charge in [-0.05, 0) is 57.4 Å². The van der Waals surface area contributed by atoms with E-state index < -0.39 is 16.1 Å². The highest BCUT2D eigenvalue weighted by molar-refractivity contribution is 7.89. The monoisotopic (exact) mass is 340 g/mol. The van der Waals surface area contributed by atoms with E-state index in [1.807, 2.05) is 6.92 Å². The zero-order valence-electron chi connectivity index (χ0n) is 13.8. The fourth-order valence-electron chi connectivity index (χ4n) is 2.78. The zero-order chi connectivity index (χ0) is 17.0. The lowest BCUT2D eigenvalue weighted by Crippen LogP contribution is -2.51. The van der Waals surface area contributed by atoms with Gasteiger partial charge in [-0.2, -0.15) is 4.72 Å². The van der Waals surface area contributed by atoms with Crippen LogP contribution in [0.2, 0.25) is 0 Å². The van der Waals surface area contributed by atoms with E-state index in [1.54, 1.807) is 24.0 Å². The number of nitrogens with one attached hydrogen (secondary N) is 1. The second-order valence-corrected chi connectivity index (χ2v) is 7.61. The fraction of sp³-hybridized carbons (Fsp3) is 0.562. The number of amides is 1. The molecule has 128 valence electrons. The van der Waals surface area contributed by atoms with Crippen LogP contribution in [0.1, 0.15) is 33.1 Å². The molecule has 1 aliphatic heterocycles. The van der Waals surface area contributed by atoms with Gasteiger partial charge in [0.1, 0.15) is 5.75 Å². The number of hydrogen-bond donors (Lipinski definition) is 1. The van der Waals surface area contributed by atoms with Crippen molar-refractivity contribution in [1.82, 2.24) is 9.62 Å². The molecule has 7 heteroatoms. The van der Waals surface area contributed by atoms with Crippen LogP contribution < -0.4 is 9.46 Å². The summed E-state index contributed by atoms with van der Waals surface area (Å²) in [4.78, 5) is 14.4. The van der Waals surface area contributed by atoms with Crippen LogP contribution in [-0.2, 0) is 14.8 Å². The summed E-state index contributed by atoms with van der Waals surface area (Å²) in [6.07, 6.45) is 3.04. The van der Waals surface area contributed by atoms with Crippen molar-refractivity contribution < 1.29 is 17.9 Å². The Hall–Kier alpha value is -1.60. The van der Waals surface area contributed by atoms with Crippen molar-refractivity contribution in [2.24, 2.45) is 0 Å². The third-order valence-electron chi connectivity index (χ3n) is 4.16. The molecule has 1 fully saturated rings. The molecule has 0 radical (unpaired) electrons. The molecule has 1 N–H and O–H groups in total. The number of methoxy groups -OCH3 is 1. The van der Waals surface area contributed by atoms with Gasteiger partial charge < -0.3 is 9.64 Å². The molecular formula is C16H24N2O4S. The van der Waals surface area contributed by atoms with E-state index in [0.29, 0.717) is 12.3 Å². The number of hydrogen-bond acceptors (Lipinski definition) is 4. The lowest BCUT2D eigenvalue weighted by atomic mass is 10.0. The van der Waals surface area contributed by atoms with Crippen molar-refractivity contribution in [2.75, 3.05) is 13.7 Å². The quantitative estimate of drug-likeness (QED) is 0.886. The smallest absolute Gasteiger partial charge is 0.241 e. The van der Waals surface area contributed by atoms with Gasteiger partial charge in [-0.25, -0.2) is 8.42 Å². The highest BCUT2D eigenvalue weighted by Gasteiger charge is 2.29. The van der Waals surface area contributed by atoms with Gasteiger partial charge in [-0.1, -0.05) is 0 Å². The van der Waals surface area contributed by atoms with Crippen molar-refractivity contribution in [3.63, 3.8) is 0 Å². The van der Waals surface area contributed by atoms with Gasteiger partial charge >= 0.3 is 0 Å². The summed E-state index contributed by atoms with van der Waals surface area (Å²) in [5.41, 5.74) is 0. The summed E-state index contributed by atoms with van der Waals surface area (Å²) < 4.78 is 32.3. The minimum Gasteiger partial charge on any atom is -0.497 e. The Bertz CT molecular complexity index is 643. The molecule has 23 heavy (non-hydrogen) atoms. The van der Waals surface area contributed by atoms with Crippen LogP contribution in [0, 0.1) is 0 Å². The van der Waals surface area contributed by atoms with E-state index in [2.05, 4.69) is 4.72 Å². The number of ether oxygens (including phenoxy) is 1. The number of likely N-dealkylation sites (tertiary alicyclic amines) is 1. The molecule has 0 spiro atoms. The molecule has 0 saturated carbocycles. The molecule has 2 rings (SSSR count). The van der Waals surface area contributed by atoms with E-state index in [0.717, 1.165) is 19.3 Å². The number of carbonyl (C=O) groups excluding carboxylic acids is 1. The highest BCUT2D eigenvalue weighted by atomic mass is 32.2. The average Bonchev–Trinajstić information content (AvgIpc) is 2.54. The molecule has 6 nitrogen and oxygen atoms in total. The van der Waals surface area contributed by atoms with Gasteiger partial charge in [0.25, 0.3) is 0 Å². The van der Waals surface area contributed by atoms with Crippen molar-refractivity contribution in [3.05, 3.63) is 24.3 Å². The maximum absolute atomic E-state index is 12.5. The molecule has 0 aliphatic carbocycles. The van der Waals surface area contributed by atoms with Crippen LogP contribution in [-0.4, -0.2) is 45.0 Å². The van der Waals surface area contributed by atoms with Crippen LogP contribution in [0.4, 0.5) is 0 Å². The summed E-state index contributed by atoms with van der Waals surface area (Å²) in [7, 11) is -2.22. The lowest BCUT2D eigenvalue weighted by Gasteiger charge is -2.35. The SMILES string of the molecule is COc1ccc(S(=O)(=O)N[C@H](C)C(=O)N2CCCC[C@H]2C)cc1. The third kappa shape index (κ3) is 4.23. The Balaban J connectivity index is 2.07. The first-order valence-corrected chi connectivity index (χ1v) is 9.30. The van der Waals surface area contributed by atoms with Crippen LogP contribution in [0.15, 0.2) is 29.2 Å². The van der Waals surface area contributed by atoms with Gasteiger partial charge in [0, 0.05) is 12.6 Å². The van der Waals surface area contributed by atoms with Gasteiger partial charge in [0.2, 0.25) is 15.9 Å². The van der Waals surface area contributed by atoms with Gasteiger partial charge in [-0.3, -0.25) is 4.79 Å². The molecule has 1 amide bonds. The van der Waals surface area contributed by atoms with E-state index in [4.69, 9.17) is 4.74 Å². The predicted octanol–water partition coefficient (Wildman–Crippen LogP) is 1.76. The van der Waals surface area contributed by atoms with Crippen molar-refractivity contribution in [3.8, 4) is 5.75 Å². The van der Waals surface area contributed by atoms with Crippen LogP contribution in [0.25, 0.3) is 0 Å². The highest BCUT2D eigenvalue weighted by Crippen LogP contribution is 2.19. The molecule has 1 aromatic rings. The first-order chi connectivity index (χ1) is 10.8. The number of carbonyl (C=O) groups is 1. The predicted molar refractivity (Wildman–Crippen MR) is 87.8 cm³/mol. The lowest BCUT2D eigenvalue weighted by molar-refractivity contribution is -0.135. The fourth-order valence-corrected chi connectivity index (χ4v) is 3.98. The van der Waals surface area contributed by atoms with E-state index in [-0.39, 0.29) is 16.8 Å². The molecule has 0 bridgehead atoms. The minimum atomic E-state index is -3.74. The Morgan fingerprint density at radius 1 is 1.30 bits per heavy atom. The van der Waals surface area contributed by atoms with E-state index in [1.165, 1.54) is 19.2 Å². The molecule has 1 aromatic carbocycles. The number of rotatable bonds is 5. The largest absolute Gasteiger partial charge is 0.497 e. The Morgan fingerprint density at radius 3 is 2.52 bits per heavy atom. The molecule has 1 saturated heterocycles. The number of benzene rings is 1. The van der Waals surface area contributed by atoms with Crippen LogP contribution in [0.5, 0.6) is 5.75 Å². The Kier molecular flexibility index (Phi) is 5.64. The van der Waals surface area contributed by atoms with Crippen LogP contribution >= 0.6 is 0 Å². The number of piperidine rings is 1. The van der Waals surface area contributed by atoms with Crippen molar-refractivity contribution >= 4 is 15.9 Å².